The highest BCUT2D eigenvalue weighted by molar-refractivity contribution is 5.97. The van der Waals surface area contributed by atoms with Crippen molar-refractivity contribution in [3.63, 3.8) is 0 Å². The van der Waals surface area contributed by atoms with E-state index in [1.54, 1.807) is 36.4 Å². The average Bonchev–Trinajstić information content (AvgIpc) is 3.22. The summed E-state index contributed by atoms with van der Waals surface area (Å²) in [7, 11) is 0. The van der Waals surface area contributed by atoms with Crippen LogP contribution in [0.5, 0.6) is 23.0 Å². The van der Waals surface area contributed by atoms with Crippen LogP contribution in [0.1, 0.15) is 134 Å². The van der Waals surface area contributed by atoms with E-state index in [1.165, 1.54) is 0 Å². The van der Waals surface area contributed by atoms with Gasteiger partial charge in [0.2, 0.25) is 0 Å². The smallest absolute Gasteiger partial charge is 0.340 e. The summed E-state index contributed by atoms with van der Waals surface area (Å²) < 4.78 is 24.7. The van der Waals surface area contributed by atoms with E-state index < -0.39 is 22.4 Å². The normalized spacial score (nSPS) is 15.3. The molecule has 0 radical (unpaired) electrons. The molecule has 7 heteroatoms. The molecule has 0 N–H and O–H groups in total. The number of carbonyl (C=O) groups is 3. The lowest BCUT2D eigenvalue weighted by atomic mass is 9.76. The largest absolute Gasteiger partial charge is 0.456 e. The number of carbonyl (C=O) groups excluding carboxylic acids is 3. The fraction of sp³-hybridized carbons (Fsp3) is 0.488. The van der Waals surface area contributed by atoms with Gasteiger partial charge in [0.1, 0.15) is 23.0 Å². The highest BCUT2D eigenvalue weighted by Gasteiger charge is 2.54. The summed E-state index contributed by atoms with van der Waals surface area (Å²) in [4.78, 5) is 40.3. The molecule has 0 aliphatic carbocycles. The molecule has 256 valence electrons. The maximum absolute atomic E-state index is 13.6. The van der Waals surface area contributed by atoms with Gasteiger partial charge in [0.05, 0.1) is 16.4 Å². The molecule has 0 bridgehead atoms. The second kappa shape index (κ2) is 11.8. The molecule has 0 saturated heterocycles. The molecule has 2 aliphatic rings. The highest BCUT2D eigenvalue weighted by atomic mass is 16.6. The van der Waals surface area contributed by atoms with E-state index >= 15 is 0 Å². The molecule has 1 spiro atoms. The molecule has 48 heavy (non-hydrogen) atoms. The number of benzene rings is 3. The zero-order valence-electron chi connectivity index (χ0n) is 30.5. The minimum atomic E-state index is -1.33. The Kier molecular flexibility index (Phi) is 8.64. The minimum Gasteiger partial charge on any atom is -0.456 e. The summed E-state index contributed by atoms with van der Waals surface area (Å²) in [6, 6.07) is 16.2. The van der Waals surface area contributed by atoms with E-state index in [0.29, 0.717) is 58.1 Å². The van der Waals surface area contributed by atoms with Crippen LogP contribution in [0.3, 0.4) is 0 Å². The lowest BCUT2D eigenvalue weighted by molar-refractivity contribution is -0.146. The standard InChI is InChI=1S/C41H50O7/c1-24(2)25-13-16-29-28(19-25)34(42)48-41(29)30-17-14-26(45-35(43)39(9,10)22-37(3,4)5)20-32(30)47-33-21-27(15-18-31(33)41)46-36(44)40(11,12)23-38(6,7)8/h13-21,24H,22-23H2,1-12H3. The van der Waals surface area contributed by atoms with Crippen LogP contribution in [0.25, 0.3) is 0 Å². The molecule has 0 unspecified atom stereocenters. The van der Waals surface area contributed by atoms with Gasteiger partial charge in [-0.2, -0.15) is 0 Å². The van der Waals surface area contributed by atoms with Crippen molar-refractivity contribution in [3.05, 3.63) is 82.4 Å². The first-order valence-corrected chi connectivity index (χ1v) is 16.8. The lowest BCUT2D eigenvalue weighted by Crippen LogP contribution is -2.34. The van der Waals surface area contributed by atoms with Crippen LogP contribution in [0.15, 0.2) is 54.6 Å². The number of rotatable bonds is 7. The van der Waals surface area contributed by atoms with Crippen molar-refractivity contribution in [2.45, 2.75) is 107 Å². The SMILES string of the molecule is CC(C)c1ccc2c(c1)C(=O)OC21c2ccc(OC(=O)C(C)(C)CC(C)(C)C)cc2Oc2cc(OC(=O)C(C)(C)CC(C)(C)C)ccc21. The monoisotopic (exact) mass is 654 g/mol. The summed E-state index contributed by atoms with van der Waals surface area (Å²) in [5.74, 6) is 0.427. The van der Waals surface area contributed by atoms with Gasteiger partial charge in [-0.1, -0.05) is 67.5 Å². The summed E-state index contributed by atoms with van der Waals surface area (Å²) in [6.07, 6.45) is 1.27. The van der Waals surface area contributed by atoms with Gasteiger partial charge in [0, 0.05) is 28.8 Å². The van der Waals surface area contributed by atoms with Gasteiger partial charge in [-0.15, -0.1) is 0 Å². The Bertz CT molecular complexity index is 1690. The number of ether oxygens (including phenoxy) is 4. The van der Waals surface area contributed by atoms with Crippen LogP contribution < -0.4 is 14.2 Å². The second-order valence-electron chi connectivity index (χ2n) is 17.5. The number of esters is 3. The van der Waals surface area contributed by atoms with Crippen molar-refractivity contribution in [1.29, 1.82) is 0 Å². The Morgan fingerprint density at radius 1 is 0.667 bits per heavy atom. The van der Waals surface area contributed by atoms with Crippen LogP contribution >= 0.6 is 0 Å². The first kappa shape index (κ1) is 35.2. The fourth-order valence-electron chi connectivity index (χ4n) is 7.48. The molecule has 3 aromatic rings. The van der Waals surface area contributed by atoms with Crippen molar-refractivity contribution in [2.75, 3.05) is 0 Å². The molecule has 0 atom stereocenters. The highest BCUT2D eigenvalue weighted by Crippen LogP contribution is 2.57. The second-order valence-corrected chi connectivity index (χ2v) is 17.5. The van der Waals surface area contributed by atoms with Crippen molar-refractivity contribution in [1.82, 2.24) is 0 Å². The average molecular weight is 655 g/mol. The first-order chi connectivity index (χ1) is 22.0. The van der Waals surface area contributed by atoms with E-state index in [4.69, 9.17) is 18.9 Å². The van der Waals surface area contributed by atoms with E-state index in [2.05, 4.69) is 55.4 Å². The zero-order chi connectivity index (χ0) is 35.6. The van der Waals surface area contributed by atoms with Gasteiger partial charge >= 0.3 is 17.9 Å². The van der Waals surface area contributed by atoms with Gasteiger partial charge in [-0.3, -0.25) is 9.59 Å². The predicted octanol–water partition coefficient (Wildman–Crippen LogP) is 10.1. The van der Waals surface area contributed by atoms with Gasteiger partial charge < -0.3 is 18.9 Å². The van der Waals surface area contributed by atoms with Crippen molar-refractivity contribution in [3.8, 4) is 23.0 Å². The molecule has 2 aliphatic heterocycles. The molecule has 0 amide bonds. The zero-order valence-corrected chi connectivity index (χ0v) is 30.5. The topological polar surface area (TPSA) is 88.1 Å². The summed E-state index contributed by atoms with van der Waals surface area (Å²) in [5.41, 5.74) is 0.475. The fourth-order valence-corrected chi connectivity index (χ4v) is 7.48. The quantitative estimate of drug-likeness (QED) is 0.185. The molecule has 0 fully saturated rings. The van der Waals surface area contributed by atoms with Gasteiger partial charge in [0.25, 0.3) is 0 Å². The molecular weight excluding hydrogens is 604 g/mol. The van der Waals surface area contributed by atoms with Crippen LogP contribution in [0, 0.1) is 21.7 Å². The van der Waals surface area contributed by atoms with Crippen LogP contribution in [-0.4, -0.2) is 17.9 Å². The molecule has 3 aromatic carbocycles. The molecular formula is C41H50O7. The minimum absolute atomic E-state index is 0.0735. The molecule has 0 aromatic heterocycles. The van der Waals surface area contributed by atoms with Crippen molar-refractivity contribution >= 4 is 17.9 Å². The third kappa shape index (κ3) is 6.74. The van der Waals surface area contributed by atoms with Gasteiger partial charge in [0.15, 0.2) is 5.60 Å². The maximum atomic E-state index is 13.6. The van der Waals surface area contributed by atoms with Crippen LogP contribution in [0.4, 0.5) is 0 Å². The van der Waals surface area contributed by atoms with E-state index in [1.807, 2.05) is 45.9 Å². The number of hydrogen-bond donors (Lipinski definition) is 0. The van der Waals surface area contributed by atoms with E-state index in [9.17, 15) is 14.4 Å². The van der Waals surface area contributed by atoms with Crippen molar-refractivity contribution in [2.24, 2.45) is 21.7 Å². The van der Waals surface area contributed by atoms with Gasteiger partial charge in [-0.05, 0) is 93.2 Å². The summed E-state index contributed by atoms with van der Waals surface area (Å²) in [5, 5.41) is 0. The van der Waals surface area contributed by atoms with Gasteiger partial charge in [-0.25, -0.2) is 4.79 Å². The van der Waals surface area contributed by atoms with E-state index in [0.717, 1.165) is 5.56 Å². The summed E-state index contributed by atoms with van der Waals surface area (Å²) >= 11 is 0. The van der Waals surface area contributed by atoms with Crippen LogP contribution in [0.2, 0.25) is 0 Å². The summed E-state index contributed by atoms with van der Waals surface area (Å²) in [6.45, 7) is 24.2. The van der Waals surface area contributed by atoms with E-state index in [-0.39, 0.29) is 28.7 Å². The molecule has 7 nitrogen and oxygen atoms in total. The van der Waals surface area contributed by atoms with Crippen LogP contribution in [-0.2, 0) is 19.9 Å². The molecule has 2 heterocycles. The lowest BCUT2D eigenvalue weighted by Gasteiger charge is -2.37. The Balaban J connectivity index is 1.60. The number of fused-ring (bicyclic) bond motifs is 6. The first-order valence-electron chi connectivity index (χ1n) is 16.8. The Hall–Kier alpha value is -4.13. The predicted molar refractivity (Wildman–Crippen MR) is 186 cm³/mol. The Morgan fingerprint density at radius 3 is 1.52 bits per heavy atom. The Morgan fingerprint density at radius 2 is 1.10 bits per heavy atom. The third-order valence-corrected chi connectivity index (χ3v) is 8.91. The third-order valence-electron chi connectivity index (χ3n) is 8.91. The maximum Gasteiger partial charge on any atom is 0.340 e. The Labute approximate surface area is 285 Å². The number of hydrogen-bond acceptors (Lipinski definition) is 7. The molecule has 5 rings (SSSR count). The molecule has 0 saturated carbocycles. The van der Waals surface area contributed by atoms with Crippen molar-refractivity contribution < 1.29 is 33.3 Å².